The Hall–Kier alpha value is -2.21. The van der Waals surface area contributed by atoms with Crippen molar-refractivity contribution in [1.29, 1.82) is 0 Å². The number of nitrogens with zero attached hydrogens (tertiary/aromatic N) is 3. The second kappa shape index (κ2) is 10.9. The van der Waals surface area contributed by atoms with Crippen LogP contribution in [-0.2, 0) is 17.9 Å². The number of hydrogen-bond donors (Lipinski definition) is 1. The first kappa shape index (κ1) is 22.0. The molecule has 0 aromatic carbocycles. The molecule has 1 saturated carbocycles. The zero-order valence-electron chi connectivity index (χ0n) is 18.0. The van der Waals surface area contributed by atoms with Crippen LogP contribution in [0.5, 0.6) is 0 Å². The molecule has 31 heavy (non-hydrogen) atoms. The van der Waals surface area contributed by atoms with Crippen LogP contribution in [0.25, 0.3) is 11.0 Å². The van der Waals surface area contributed by atoms with Gasteiger partial charge >= 0.3 is 0 Å². The van der Waals surface area contributed by atoms with E-state index in [1.54, 1.807) is 6.20 Å². The summed E-state index contributed by atoms with van der Waals surface area (Å²) in [7, 11) is 0. The van der Waals surface area contributed by atoms with E-state index in [1.807, 2.05) is 30.5 Å². The quantitative estimate of drug-likeness (QED) is 0.387. The number of hydrogen-bond acceptors (Lipinski definition) is 3. The highest BCUT2D eigenvalue weighted by Crippen LogP contribution is 2.33. The molecular weight excluding hydrogens is 452 g/mol. The minimum Gasteiger partial charge on any atom is -0.350 e. The average molecular weight is 483 g/mol. The molecule has 4 rings (SSSR count). The molecular formula is C25H31BrN4O. The summed E-state index contributed by atoms with van der Waals surface area (Å²) in [5.74, 6) is 0.823. The summed E-state index contributed by atoms with van der Waals surface area (Å²) in [4.78, 5) is 22.0. The highest BCUT2D eigenvalue weighted by molar-refractivity contribution is 9.10. The largest absolute Gasteiger partial charge is 0.350 e. The summed E-state index contributed by atoms with van der Waals surface area (Å²) in [6, 6.07) is 9.89. The molecule has 1 aliphatic rings. The molecule has 164 valence electrons. The SMILES string of the molecule is O=C(NCc1ccccn1)C(CCCCn1cc(Br)c2cccnc21)C1CCCCC1. The molecule has 0 aliphatic heterocycles. The molecule has 3 heterocycles. The van der Waals surface area contributed by atoms with Crippen molar-refractivity contribution in [2.24, 2.45) is 11.8 Å². The van der Waals surface area contributed by atoms with Gasteiger partial charge in [0.2, 0.25) is 5.91 Å². The molecule has 1 amide bonds. The Morgan fingerprint density at radius 2 is 1.94 bits per heavy atom. The lowest BCUT2D eigenvalue weighted by atomic mass is 9.77. The molecule has 5 nitrogen and oxygen atoms in total. The first-order valence-corrected chi connectivity index (χ1v) is 12.3. The van der Waals surface area contributed by atoms with Crippen LogP contribution in [0.3, 0.4) is 0 Å². The summed E-state index contributed by atoms with van der Waals surface area (Å²) in [5.41, 5.74) is 1.93. The highest BCUT2D eigenvalue weighted by atomic mass is 79.9. The van der Waals surface area contributed by atoms with Crippen molar-refractivity contribution in [2.75, 3.05) is 0 Å². The predicted molar refractivity (Wildman–Crippen MR) is 127 cm³/mol. The smallest absolute Gasteiger partial charge is 0.223 e. The number of halogens is 1. The molecule has 6 heteroatoms. The second-order valence-electron chi connectivity index (χ2n) is 8.58. The van der Waals surface area contributed by atoms with Gasteiger partial charge < -0.3 is 9.88 Å². The van der Waals surface area contributed by atoms with E-state index in [-0.39, 0.29) is 11.8 Å². The van der Waals surface area contributed by atoms with Gasteiger partial charge in [-0.1, -0.05) is 31.7 Å². The van der Waals surface area contributed by atoms with E-state index in [4.69, 9.17) is 0 Å². The van der Waals surface area contributed by atoms with Crippen LogP contribution in [0.1, 0.15) is 57.1 Å². The van der Waals surface area contributed by atoms with Crippen LogP contribution in [-0.4, -0.2) is 20.4 Å². The Morgan fingerprint density at radius 3 is 2.74 bits per heavy atom. The molecule has 0 saturated heterocycles. The van der Waals surface area contributed by atoms with Crippen molar-refractivity contribution in [3.8, 4) is 0 Å². The monoisotopic (exact) mass is 482 g/mol. The zero-order chi connectivity index (χ0) is 21.5. The van der Waals surface area contributed by atoms with Crippen molar-refractivity contribution < 1.29 is 4.79 Å². The summed E-state index contributed by atoms with van der Waals surface area (Å²) in [5, 5.41) is 4.31. The van der Waals surface area contributed by atoms with Gasteiger partial charge in [0.1, 0.15) is 5.65 Å². The topological polar surface area (TPSA) is 59.8 Å². The molecule has 1 unspecified atom stereocenters. The fraction of sp³-hybridized carbons (Fsp3) is 0.480. The lowest BCUT2D eigenvalue weighted by Crippen LogP contribution is -2.35. The number of carbonyl (C=O) groups excluding carboxylic acids is 1. The maximum Gasteiger partial charge on any atom is 0.223 e. The van der Waals surface area contributed by atoms with Crippen molar-refractivity contribution >= 4 is 32.9 Å². The molecule has 1 aliphatic carbocycles. The van der Waals surface area contributed by atoms with Crippen LogP contribution in [0.15, 0.2) is 53.4 Å². The van der Waals surface area contributed by atoms with Crippen LogP contribution in [0.4, 0.5) is 0 Å². The molecule has 0 bridgehead atoms. The van der Waals surface area contributed by atoms with Gasteiger partial charge in [-0.2, -0.15) is 0 Å². The number of rotatable bonds is 9. The first-order chi connectivity index (χ1) is 15.2. The van der Waals surface area contributed by atoms with E-state index in [2.05, 4.69) is 48.0 Å². The van der Waals surface area contributed by atoms with E-state index >= 15 is 0 Å². The van der Waals surface area contributed by atoms with E-state index < -0.39 is 0 Å². The fourth-order valence-corrected chi connectivity index (χ4v) is 5.38. The van der Waals surface area contributed by atoms with E-state index in [0.717, 1.165) is 47.0 Å². The minimum absolute atomic E-state index is 0.107. The maximum atomic E-state index is 13.1. The molecule has 1 atom stereocenters. The van der Waals surface area contributed by atoms with Crippen LogP contribution < -0.4 is 5.32 Å². The lowest BCUT2D eigenvalue weighted by Gasteiger charge is -2.29. The van der Waals surface area contributed by atoms with Gasteiger partial charge in [-0.05, 0) is 71.8 Å². The molecule has 3 aromatic heterocycles. The average Bonchev–Trinajstić information content (AvgIpc) is 3.14. The second-order valence-corrected chi connectivity index (χ2v) is 9.44. The Labute approximate surface area is 192 Å². The highest BCUT2D eigenvalue weighted by Gasteiger charge is 2.29. The van der Waals surface area contributed by atoms with Crippen molar-refractivity contribution in [3.63, 3.8) is 0 Å². The number of unbranched alkanes of at least 4 members (excludes halogenated alkanes) is 1. The van der Waals surface area contributed by atoms with E-state index in [1.165, 1.54) is 32.1 Å². The van der Waals surface area contributed by atoms with E-state index in [9.17, 15) is 4.79 Å². The lowest BCUT2D eigenvalue weighted by molar-refractivity contribution is -0.127. The van der Waals surface area contributed by atoms with Gasteiger partial charge in [0.25, 0.3) is 0 Å². The number of nitrogens with one attached hydrogen (secondary N) is 1. The minimum atomic E-state index is 0.107. The maximum absolute atomic E-state index is 13.1. The first-order valence-electron chi connectivity index (χ1n) is 11.5. The number of aryl methyl sites for hydroxylation is 1. The van der Waals surface area contributed by atoms with Crippen LogP contribution in [0.2, 0.25) is 0 Å². The van der Waals surface area contributed by atoms with Gasteiger partial charge in [0.05, 0.1) is 12.2 Å². The summed E-state index contributed by atoms with van der Waals surface area (Å²) < 4.78 is 3.31. The normalized spacial score (nSPS) is 15.8. The Morgan fingerprint density at radius 1 is 1.10 bits per heavy atom. The van der Waals surface area contributed by atoms with Crippen molar-refractivity contribution in [3.05, 3.63) is 59.1 Å². The van der Waals surface area contributed by atoms with Gasteiger partial charge in [-0.25, -0.2) is 4.98 Å². The standard InChI is InChI=1S/C25H31BrN4O/c26-23-18-30(24-22(23)13-8-15-28-24)16-7-5-12-21(19-9-2-1-3-10-19)25(31)29-17-20-11-4-6-14-27-20/h4,6,8,11,13-15,18-19,21H,1-3,5,7,9-10,12,16-17H2,(H,29,31). The van der Waals surface area contributed by atoms with Gasteiger partial charge in [-0.15, -0.1) is 0 Å². The fourth-order valence-electron chi connectivity index (χ4n) is 4.83. The summed E-state index contributed by atoms with van der Waals surface area (Å²) in [6.07, 6.45) is 15.0. The van der Waals surface area contributed by atoms with Gasteiger partial charge in [0.15, 0.2) is 0 Å². The van der Waals surface area contributed by atoms with Gasteiger partial charge in [-0.3, -0.25) is 9.78 Å². The number of fused-ring (bicyclic) bond motifs is 1. The van der Waals surface area contributed by atoms with Crippen LogP contribution >= 0.6 is 15.9 Å². The Balaban J connectivity index is 1.33. The van der Waals surface area contributed by atoms with E-state index in [0.29, 0.717) is 12.5 Å². The summed E-state index contributed by atoms with van der Waals surface area (Å²) in [6.45, 7) is 1.43. The third-order valence-electron chi connectivity index (χ3n) is 6.47. The Bertz CT molecular complexity index is 982. The number of carbonyl (C=O) groups is 1. The number of aromatic nitrogens is 3. The molecule has 1 fully saturated rings. The zero-order valence-corrected chi connectivity index (χ0v) is 19.6. The number of amides is 1. The number of pyridine rings is 2. The van der Waals surface area contributed by atoms with Crippen LogP contribution in [0, 0.1) is 11.8 Å². The third-order valence-corrected chi connectivity index (χ3v) is 7.11. The summed E-state index contributed by atoms with van der Waals surface area (Å²) >= 11 is 3.64. The molecule has 0 radical (unpaired) electrons. The third kappa shape index (κ3) is 5.73. The van der Waals surface area contributed by atoms with Gasteiger partial charge in [0, 0.05) is 40.9 Å². The molecule has 3 aromatic rings. The predicted octanol–water partition coefficient (Wildman–Crippen LogP) is 5.88. The van der Waals surface area contributed by atoms with Crippen molar-refractivity contribution in [2.45, 2.75) is 64.5 Å². The Kier molecular flexibility index (Phi) is 7.73. The van der Waals surface area contributed by atoms with Crippen molar-refractivity contribution in [1.82, 2.24) is 19.9 Å². The molecule has 1 N–H and O–H groups in total. The molecule has 0 spiro atoms.